The number of aliphatic hydroxyl groups is 1. The third kappa shape index (κ3) is 11.3. The SMILES string of the molecule is CC(=O)NCCCCCC(=O)NCc1cccc(-c2cccc([C@@H]3O[C@H](CN4CCCCCCC4)C[C@H](c4ccc(CO)cc4)O3)c2)c1. The van der Waals surface area contributed by atoms with E-state index in [-0.39, 0.29) is 30.6 Å². The summed E-state index contributed by atoms with van der Waals surface area (Å²) in [6.07, 6.45) is 9.71. The van der Waals surface area contributed by atoms with Gasteiger partial charge in [0.2, 0.25) is 11.8 Å². The Morgan fingerprint density at radius 3 is 2.27 bits per heavy atom. The van der Waals surface area contributed by atoms with Gasteiger partial charge in [-0.1, -0.05) is 86.3 Å². The normalized spacial score (nSPS) is 20.4. The summed E-state index contributed by atoms with van der Waals surface area (Å²) in [7, 11) is 0. The number of hydrogen-bond donors (Lipinski definition) is 3. The summed E-state index contributed by atoms with van der Waals surface area (Å²) < 4.78 is 13.4. The Morgan fingerprint density at radius 1 is 0.792 bits per heavy atom. The first kappa shape index (κ1) is 35.7. The van der Waals surface area contributed by atoms with Gasteiger partial charge in [0.25, 0.3) is 0 Å². The molecule has 3 atom stereocenters. The summed E-state index contributed by atoms with van der Waals surface area (Å²) in [4.78, 5) is 26.0. The van der Waals surface area contributed by atoms with Crippen LogP contribution in [0.5, 0.6) is 0 Å². The van der Waals surface area contributed by atoms with Gasteiger partial charge < -0.3 is 30.1 Å². The van der Waals surface area contributed by atoms with Crippen LogP contribution in [0.1, 0.15) is 106 Å². The number of rotatable bonds is 14. The van der Waals surface area contributed by atoms with Gasteiger partial charge >= 0.3 is 0 Å². The minimum Gasteiger partial charge on any atom is -0.392 e. The molecule has 2 aliphatic heterocycles. The number of aliphatic hydroxyl groups excluding tert-OH is 1. The van der Waals surface area contributed by atoms with Gasteiger partial charge in [-0.15, -0.1) is 0 Å². The van der Waals surface area contributed by atoms with Crippen LogP contribution in [0.25, 0.3) is 11.1 Å². The van der Waals surface area contributed by atoms with Gasteiger partial charge in [0.1, 0.15) is 0 Å². The number of nitrogens with one attached hydrogen (secondary N) is 2. The molecule has 2 saturated heterocycles. The molecule has 0 spiro atoms. The number of ether oxygens (including phenoxy) is 2. The topological polar surface area (TPSA) is 100 Å². The molecule has 8 heteroatoms. The fraction of sp³-hybridized carbons (Fsp3) is 0.500. The summed E-state index contributed by atoms with van der Waals surface area (Å²) in [5.74, 6) is 0.0226. The zero-order valence-electron chi connectivity index (χ0n) is 28.5. The minimum atomic E-state index is -0.498. The summed E-state index contributed by atoms with van der Waals surface area (Å²) in [6, 6.07) is 24.8. The predicted molar refractivity (Wildman–Crippen MR) is 189 cm³/mol. The highest BCUT2D eigenvalue weighted by molar-refractivity contribution is 5.76. The zero-order valence-corrected chi connectivity index (χ0v) is 28.5. The van der Waals surface area contributed by atoms with Crippen molar-refractivity contribution in [2.75, 3.05) is 26.2 Å². The van der Waals surface area contributed by atoms with Crippen LogP contribution in [-0.2, 0) is 32.2 Å². The van der Waals surface area contributed by atoms with Crippen molar-refractivity contribution in [1.82, 2.24) is 15.5 Å². The van der Waals surface area contributed by atoms with Crippen molar-refractivity contribution in [3.63, 3.8) is 0 Å². The van der Waals surface area contributed by atoms with Crippen molar-refractivity contribution in [2.24, 2.45) is 0 Å². The number of carbonyl (C=O) groups excluding carboxylic acids is 2. The van der Waals surface area contributed by atoms with E-state index in [4.69, 9.17) is 9.47 Å². The monoisotopic (exact) mass is 655 g/mol. The molecule has 8 nitrogen and oxygen atoms in total. The van der Waals surface area contributed by atoms with Crippen LogP contribution in [0, 0.1) is 0 Å². The van der Waals surface area contributed by atoms with Gasteiger partial charge in [0.05, 0.1) is 18.8 Å². The lowest BCUT2D eigenvalue weighted by Gasteiger charge is -2.39. The maximum atomic E-state index is 12.5. The number of carbonyl (C=O) groups is 2. The number of nitrogens with zero attached hydrogens (tertiary/aromatic N) is 1. The van der Waals surface area contributed by atoms with Crippen LogP contribution >= 0.6 is 0 Å². The highest BCUT2D eigenvalue weighted by Crippen LogP contribution is 2.39. The average Bonchev–Trinajstić information content (AvgIpc) is 3.10. The summed E-state index contributed by atoms with van der Waals surface area (Å²) in [5, 5.41) is 15.4. The number of benzene rings is 3. The Bertz CT molecular complexity index is 1440. The van der Waals surface area contributed by atoms with Gasteiger partial charge in [0, 0.05) is 45.0 Å². The molecule has 0 aliphatic carbocycles. The lowest BCUT2D eigenvalue weighted by atomic mass is 9.98. The average molecular weight is 656 g/mol. The van der Waals surface area contributed by atoms with E-state index in [9.17, 15) is 14.7 Å². The first-order valence-corrected chi connectivity index (χ1v) is 17.9. The van der Waals surface area contributed by atoms with E-state index < -0.39 is 6.29 Å². The lowest BCUT2D eigenvalue weighted by Crippen LogP contribution is -2.40. The van der Waals surface area contributed by atoms with Gasteiger partial charge in [-0.05, 0) is 78.7 Å². The minimum absolute atomic E-state index is 0.0185. The molecular formula is C40H53N3O5. The molecular weight excluding hydrogens is 602 g/mol. The van der Waals surface area contributed by atoms with Gasteiger partial charge in [0.15, 0.2) is 6.29 Å². The molecule has 5 rings (SSSR count). The maximum Gasteiger partial charge on any atom is 0.220 e. The van der Waals surface area contributed by atoms with E-state index >= 15 is 0 Å². The smallest absolute Gasteiger partial charge is 0.220 e. The second-order valence-corrected chi connectivity index (χ2v) is 13.3. The first-order valence-electron chi connectivity index (χ1n) is 17.9. The fourth-order valence-electron chi connectivity index (χ4n) is 6.68. The summed E-state index contributed by atoms with van der Waals surface area (Å²) in [5.41, 5.74) is 6.17. The van der Waals surface area contributed by atoms with E-state index in [1.54, 1.807) is 0 Å². The third-order valence-electron chi connectivity index (χ3n) is 9.39. The standard InChI is InChI=1S/C40H53N3O5/c1-30(45)41-21-7-5-6-16-39(46)42-27-32-12-10-13-34(24-32)35-14-11-15-36(25-35)40-47-37(28-43-22-8-3-2-4-9-23-43)26-38(48-40)33-19-17-31(29-44)18-20-33/h10-15,17-20,24-25,37-38,40,44H,2-9,16,21-23,26-29H2,1H3,(H,41,45)(H,42,46)/t37-,38+,40+/m0/s1. The van der Waals surface area contributed by atoms with Crippen molar-refractivity contribution in [3.8, 4) is 11.1 Å². The first-order chi connectivity index (χ1) is 23.5. The van der Waals surface area contributed by atoms with E-state index in [0.29, 0.717) is 19.5 Å². The molecule has 2 heterocycles. The van der Waals surface area contributed by atoms with Gasteiger partial charge in [-0.2, -0.15) is 0 Å². The Labute approximate surface area is 286 Å². The molecule has 2 fully saturated rings. The molecule has 0 saturated carbocycles. The predicted octanol–water partition coefficient (Wildman–Crippen LogP) is 6.97. The number of unbranched alkanes of at least 4 members (excludes halogenated alkanes) is 2. The van der Waals surface area contributed by atoms with E-state index in [1.807, 2.05) is 24.3 Å². The van der Waals surface area contributed by atoms with Crippen molar-refractivity contribution < 1.29 is 24.2 Å². The van der Waals surface area contributed by atoms with Crippen LogP contribution < -0.4 is 10.6 Å². The zero-order chi connectivity index (χ0) is 33.6. The van der Waals surface area contributed by atoms with E-state index in [1.165, 1.54) is 39.0 Å². The van der Waals surface area contributed by atoms with E-state index in [0.717, 1.165) is 78.7 Å². The molecule has 2 aliphatic rings. The van der Waals surface area contributed by atoms with Crippen molar-refractivity contribution in [2.45, 2.75) is 103 Å². The quantitative estimate of drug-likeness (QED) is 0.162. The van der Waals surface area contributed by atoms with Gasteiger partial charge in [-0.3, -0.25) is 9.59 Å². The maximum absolute atomic E-state index is 12.5. The molecule has 0 unspecified atom stereocenters. The number of amides is 2. The van der Waals surface area contributed by atoms with E-state index in [2.05, 4.69) is 64.1 Å². The van der Waals surface area contributed by atoms with Crippen LogP contribution in [0.15, 0.2) is 72.8 Å². The van der Waals surface area contributed by atoms with Crippen molar-refractivity contribution in [1.29, 1.82) is 0 Å². The molecule has 0 bridgehead atoms. The third-order valence-corrected chi connectivity index (χ3v) is 9.39. The van der Waals surface area contributed by atoms with Crippen LogP contribution in [0.4, 0.5) is 0 Å². The summed E-state index contributed by atoms with van der Waals surface area (Å²) in [6.45, 7) is 5.81. The highest BCUT2D eigenvalue weighted by Gasteiger charge is 2.33. The summed E-state index contributed by atoms with van der Waals surface area (Å²) >= 11 is 0. The second kappa shape index (κ2) is 18.8. The lowest BCUT2D eigenvalue weighted by molar-refractivity contribution is -0.253. The molecule has 3 aromatic carbocycles. The molecule has 0 radical (unpaired) electrons. The Morgan fingerprint density at radius 2 is 1.52 bits per heavy atom. The Kier molecular flexibility index (Phi) is 14.0. The Balaban J connectivity index is 1.24. The largest absolute Gasteiger partial charge is 0.392 e. The second-order valence-electron chi connectivity index (χ2n) is 13.3. The molecule has 2 amide bonds. The van der Waals surface area contributed by atoms with Crippen molar-refractivity contribution in [3.05, 3.63) is 95.1 Å². The van der Waals surface area contributed by atoms with Crippen molar-refractivity contribution >= 4 is 11.8 Å². The molecule has 3 N–H and O–H groups in total. The molecule has 258 valence electrons. The Hall–Kier alpha value is -3.56. The molecule has 3 aromatic rings. The van der Waals surface area contributed by atoms with Crippen LogP contribution in [-0.4, -0.2) is 54.1 Å². The number of hydrogen-bond acceptors (Lipinski definition) is 6. The highest BCUT2D eigenvalue weighted by atomic mass is 16.7. The van der Waals surface area contributed by atoms with Gasteiger partial charge in [-0.25, -0.2) is 0 Å². The fourth-order valence-corrected chi connectivity index (χ4v) is 6.68. The van der Waals surface area contributed by atoms with Crippen LogP contribution in [0.3, 0.4) is 0 Å². The molecule has 0 aromatic heterocycles. The number of likely N-dealkylation sites (tertiary alicyclic amines) is 1. The molecule has 48 heavy (non-hydrogen) atoms. The van der Waals surface area contributed by atoms with Crippen LogP contribution in [0.2, 0.25) is 0 Å².